The Kier molecular flexibility index (Phi) is 6.29. The van der Waals surface area contributed by atoms with Crippen molar-refractivity contribution in [3.63, 3.8) is 0 Å². The van der Waals surface area contributed by atoms with Crippen LogP contribution in [-0.2, 0) is 9.16 Å². The molecule has 0 amide bonds. The molecular weight excluding hydrogens is 474 g/mol. The smallest absolute Gasteiger partial charge is 0.263 e. The fourth-order valence-electron chi connectivity index (χ4n) is 5.15. The zero-order valence-electron chi connectivity index (χ0n) is 20.6. The molecule has 10 heteroatoms. The van der Waals surface area contributed by atoms with E-state index in [1.54, 1.807) is 0 Å². The zero-order valence-corrected chi connectivity index (χ0v) is 21.6. The molecule has 0 radical (unpaired) electrons. The van der Waals surface area contributed by atoms with Crippen molar-refractivity contribution in [3.8, 4) is 0 Å². The number of nitrogens with zero attached hydrogens (tertiary/aromatic N) is 3. The van der Waals surface area contributed by atoms with Gasteiger partial charge in [-0.2, -0.15) is 10.1 Å². The first-order valence-corrected chi connectivity index (χ1v) is 13.9. The number of hydrogen-bond acceptors (Lipinski definition) is 7. The Bertz CT molecular complexity index is 1360. The van der Waals surface area contributed by atoms with E-state index >= 15 is 0 Å². The maximum atomic E-state index is 12.2. The summed E-state index contributed by atoms with van der Waals surface area (Å²) in [7, 11) is -2.78. The summed E-state index contributed by atoms with van der Waals surface area (Å²) in [5, 5.41) is 17.7. The summed E-state index contributed by atoms with van der Waals surface area (Å²) in [4.78, 5) is 18.9. The van der Waals surface area contributed by atoms with Gasteiger partial charge in [-0.15, -0.1) is 0 Å². The van der Waals surface area contributed by atoms with Crippen LogP contribution < -0.4 is 21.7 Å². The summed E-state index contributed by atoms with van der Waals surface area (Å²) in [6.45, 7) is 6.83. The van der Waals surface area contributed by atoms with E-state index in [1.807, 2.05) is 36.4 Å². The van der Waals surface area contributed by atoms with Crippen LogP contribution in [0, 0.1) is 0 Å². The molecule has 0 bridgehead atoms. The number of benzene rings is 2. The van der Waals surface area contributed by atoms with E-state index in [-0.39, 0.29) is 23.2 Å². The number of H-pyrrole nitrogens is 1. The van der Waals surface area contributed by atoms with Crippen LogP contribution in [0.4, 0.5) is 5.95 Å². The highest BCUT2D eigenvalue weighted by Crippen LogP contribution is 2.38. The van der Waals surface area contributed by atoms with Crippen molar-refractivity contribution in [2.75, 3.05) is 12.3 Å². The maximum Gasteiger partial charge on any atom is 0.263 e. The number of aliphatic hydroxyl groups excluding tert-OH is 1. The van der Waals surface area contributed by atoms with Crippen LogP contribution in [0.3, 0.4) is 0 Å². The van der Waals surface area contributed by atoms with Crippen molar-refractivity contribution in [1.29, 1.82) is 0 Å². The van der Waals surface area contributed by atoms with Crippen LogP contribution >= 0.6 is 0 Å². The van der Waals surface area contributed by atoms with Gasteiger partial charge < -0.3 is 20.0 Å². The molecule has 1 aliphatic rings. The molecule has 1 saturated heterocycles. The lowest BCUT2D eigenvalue weighted by Gasteiger charge is -2.43. The molecule has 9 nitrogen and oxygen atoms in total. The Labute approximate surface area is 210 Å². The lowest BCUT2D eigenvalue weighted by molar-refractivity contribution is -0.0438. The highest BCUT2D eigenvalue weighted by molar-refractivity contribution is 6.99. The van der Waals surface area contributed by atoms with Gasteiger partial charge in [0.2, 0.25) is 5.95 Å². The van der Waals surface area contributed by atoms with Gasteiger partial charge in [-0.1, -0.05) is 81.4 Å². The Morgan fingerprint density at radius 1 is 1.14 bits per heavy atom. The van der Waals surface area contributed by atoms with Crippen LogP contribution in [0.1, 0.15) is 33.4 Å². The van der Waals surface area contributed by atoms with Crippen LogP contribution in [0.2, 0.25) is 5.04 Å². The second-order valence-corrected chi connectivity index (χ2v) is 14.5. The Morgan fingerprint density at radius 2 is 1.75 bits per heavy atom. The van der Waals surface area contributed by atoms with E-state index in [0.29, 0.717) is 17.5 Å². The van der Waals surface area contributed by atoms with Gasteiger partial charge in [0.1, 0.15) is 11.5 Å². The van der Waals surface area contributed by atoms with E-state index in [2.05, 4.69) is 60.1 Å². The minimum absolute atomic E-state index is 0.000591. The quantitative estimate of drug-likeness (QED) is 0.342. The van der Waals surface area contributed by atoms with Crippen molar-refractivity contribution >= 4 is 35.7 Å². The fourth-order valence-corrected chi connectivity index (χ4v) is 9.72. The van der Waals surface area contributed by atoms with Gasteiger partial charge in [-0.25, -0.2) is 4.68 Å². The number of aromatic nitrogens is 4. The van der Waals surface area contributed by atoms with E-state index in [0.717, 1.165) is 10.4 Å². The van der Waals surface area contributed by atoms with Crippen LogP contribution in [0.5, 0.6) is 0 Å². The van der Waals surface area contributed by atoms with E-state index in [1.165, 1.54) is 10.9 Å². The summed E-state index contributed by atoms with van der Waals surface area (Å²) in [6.07, 6.45) is -0.219. The second kappa shape index (κ2) is 9.29. The number of aromatic amines is 1. The summed E-state index contributed by atoms with van der Waals surface area (Å²) < 4.78 is 14.7. The molecule has 188 valence electrons. The van der Waals surface area contributed by atoms with Crippen molar-refractivity contribution in [2.24, 2.45) is 0 Å². The summed E-state index contributed by atoms with van der Waals surface area (Å²) in [5.41, 5.74) is 5.69. The van der Waals surface area contributed by atoms with Gasteiger partial charge in [0, 0.05) is 6.42 Å². The lowest BCUT2D eigenvalue weighted by Crippen LogP contribution is -2.67. The van der Waals surface area contributed by atoms with E-state index in [9.17, 15) is 9.90 Å². The topological polar surface area (TPSA) is 128 Å². The number of nitrogens with one attached hydrogen (secondary N) is 1. The predicted octanol–water partition coefficient (Wildman–Crippen LogP) is 1.93. The summed E-state index contributed by atoms with van der Waals surface area (Å²) in [5.74, 6) is -0.000591. The second-order valence-electron chi connectivity index (χ2n) is 10.2. The lowest BCUT2D eigenvalue weighted by atomic mass is 10.2. The van der Waals surface area contributed by atoms with Gasteiger partial charge in [0.05, 0.1) is 18.9 Å². The summed E-state index contributed by atoms with van der Waals surface area (Å²) in [6, 6.07) is 20.7. The Morgan fingerprint density at radius 3 is 2.33 bits per heavy atom. The monoisotopic (exact) mass is 505 g/mol. The standard InChI is InChI=1S/C26H31N5O4Si/c1-26(2,3)36(17-10-6-4-7-11-17,18-12-8-5-9-13-18)34-16-21-20(32)14-22(35-21)31-23-19(15-28-31)24(33)30-25(27)29-23/h4-13,15,20-22,32H,14,16H2,1-3H3,(H3,27,29,30,33)/t20?,21-,22-/m1/s1. The third-order valence-corrected chi connectivity index (χ3v) is 11.8. The van der Waals surface area contributed by atoms with Crippen LogP contribution in [-0.4, -0.2) is 52.0 Å². The number of rotatable bonds is 6. The third-order valence-electron chi connectivity index (χ3n) is 6.84. The van der Waals surface area contributed by atoms with Crippen molar-refractivity contribution in [3.05, 3.63) is 77.2 Å². The van der Waals surface area contributed by atoms with E-state index < -0.39 is 26.8 Å². The molecule has 1 aliphatic heterocycles. The van der Waals surface area contributed by atoms with Gasteiger partial charge >= 0.3 is 0 Å². The molecule has 3 heterocycles. The van der Waals surface area contributed by atoms with Crippen LogP contribution in [0.25, 0.3) is 11.0 Å². The first kappa shape index (κ1) is 24.4. The average Bonchev–Trinajstić information content (AvgIpc) is 3.43. The first-order chi connectivity index (χ1) is 17.2. The molecule has 5 rings (SSSR count). The Balaban J connectivity index is 1.46. The third kappa shape index (κ3) is 4.15. The predicted molar refractivity (Wildman–Crippen MR) is 141 cm³/mol. The highest BCUT2D eigenvalue weighted by Gasteiger charge is 2.51. The number of fused-ring (bicyclic) bond motifs is 1. The molecule has 0 spiro atoms. The molecule has 36 heavy (non-hydrogen) atoms. The molecule has 0 aliphatic carbocycles. The number of nitrogen functional groups attached to an aromatic ring is 1. The van der Waals surface area contributed by atoms with Gasteiger partial charge in [0.25, 0.3) is 13.9 Å². The number of nitrogens with two attached hydrogens (primary N) is 1. The molecule has 2 aromatic heterocycles. The minimum Gasteiger partial charge on any atom is -0.405 e. The molecule has 1 unspecified atom stereocenters. The van der Waals surface area contributed by atoms with Crippen molar-refractivity contribution < 1.29 is 14.3 Å². The molecule has 4 N–H and O–H groups in total. The SMILES string of the molecule is CC(C)(C)[Si](OC[C@H]1O[C@@H](n2ncc3c(=O)[nH]c(N)nc32)CC1O)(c1ccccc1)c1ccccc1. The van der Waals surface area contributed by atoms with Gasteiger partial charge in [-0.05, 0) is 15.4 Å². The first-order valence-electron chi connectivity index (χ1n) is 12.0. The van der Waals surface area contributed by atoms with Gasteiger partial charge in [-0.3, -0.25) is 9.78 Å². The highest BCUT2D eigenvalue weighted by atomic mass is 28.4. The molecule has 4 aromatic rings. The molecule has 3 atom stereocenters. The average molecular weight is 506 g/mol. The molecular formula is C26H31N5O4Si. The normalized spacial score (nSPS) is 20.7. The Hall–Kier alpha value is -3.31. The number of anilines is 1. The molecule has 0 saturated carbocycles. The largest absolute Gasteiger partial charge is 0.405 e. The fraction of sp³-hybridized carbons (Fsp3) is 0.346. The minimum atomic E-state index is -2.78. The zero-order chi connectivity index (χ0) is 25.5. The molecule has 2 aromatic carbocycles. The number of aliphatic hydroxyl groups is 1. The van der Waals surface area contributed by atoms with Crippen molar-refractivity contribution in [2.45, 2.75) is 50.7 Å². The molecule has 1 fully saturated rings. The number of hydrogen-bond donors (Lipinski definition) is 3. The number of ether oxygens (including phenoxy) is 1. The van der Waals surface area contributed by atoms with E-state index in [4.69, 9.17) is 14.9 Å². The summed E-state index contributed by atoms with van der Waals surface area (Å²) >= 11 is 0. The van der Waals surface area contributed by atoms with Gasteiger partial charge in [0.15, 0.2) is 11.9 Å². The van der Waals surface area contributed by atoms with Crippen molar-refractivity contribution in [1.82, 2.24) is 19.7 Å². The van der Waals surface area contributed by atoms with Crippen LogP contribution in [0.15, 0.2) is 71.7 Å². The maximum absolute atomic E-state index is 12.2.